The van der Waals surface area contributed by atoms with Crippen LogP contribution in [0.1, 0.15) is 12.8 Å². The molecule has 0 aromatic carbocycles. The molecule has 1 aliphatic rings. The first-order valence-corrected chi connectivity index (χ1v) is 2.71. The van der Waals surface area contributed by atoms with Crippen LogP contribution in [0.25, 0.3) is 0 Å². The average Bonchev–Trinajstić information content (AvgIpc) is 2.50. The summed E-state index contributed by atoms with van der Waals surface area (Å²) in [7, 11) is 1.56. The van der Waals surface area contributed by atoms with Crippen molar-refractivity contribution in [1.82, 2.24) is 5.32 Å². The third-order valence-electron chi connectivity index (χ3n) is 1.00. The Morgan fingerprint density at radius 2 is 2.38 bits per heavy atom. The minimum atomic E-state index is -0.312. The average molecular weight is 115 g/mol. The van der Waals surface area contributed by atoms with Gasteiger partial charge in [0.1, 0.15) is 6.10 Å². The van der Waals surface area contributed by atoms with Gasteiger partial charge in [-0.2, -0.15) is 0 Å². The molecule has 0 aliphatic heterocycles. The van der Waals surface area contributed by atoms with E-state index in [1.165, 1.54) is 0 Å². The Balaban J connectivity index is 2.07. The Morgan fingerprint density at radius 1 is 1.75 bits per heavy atom. The zero-order valence-corrected chi connectivity index (χ0v) is 4.81. The van der Waals surface area contributed by atoms with Crippen LogP contribution in [0.2, 0.25) is 0 Å². The van der Waals surface area contributed by atoms with Gasteiger partial charge in [0.25, 0.3) is 0 Å². The third-order valence-corrected chi connectivity index (χ3v) is 1.00. The molecule has 0 aromatic heterocycles. The minimum Gasteiger partial charge on any atom is -0.446 e. The van der Waals surface area contributed by atoms with Gasteiger partial charge in [-0.25, -0.2) is 4.79 Å². The quantitative estimate of drug-likeness (QED) is 0.540. The predicted molar refractivity (Wildman–Crippen MR) is 28.6 cm³/mol. The van der Waals surface area contributed by atoms with Crippen molar-refractivity contribution in [2.75, 3.05) is 7.05 Å². The largest absolute Gasteiger partial charge is 0.446 e. The highest BCUT2D eigenvalue weighted by Gasteiger charge is 2.25. The molecule has 1 rings (SSSR count). The topological polar surface area (TPSA) is 38.3 Å². The summed E-state index contributed by atoms with van der Waals surface area (Å²) in [4.78, 5) is 10.3. The Labute approximate surface area is 48.0 Å². The SMILES string of the molecule is CNC(=O)OC1CC1. The lowest BCUT2D eigenvalue weighted by atomic mass is 10.8. The number of carbonyl (C=O) groups excluding carboxylic acids is 1. The number of carbonyl (C=O) groups is 1. The summed E-state index contributed by atoms with van der Waals surface area (Å²) in [6, 6.07) is 0. The molecule has 1 saturated carbocycles. The van der Waals surface area contributed by atoms with Gasteiger partial charge in [-0.15, -0.1) is 0 Å². The fourth-order valence-corrected chi connectivity index (χ4v) is 0.396. The van der Waals surface area contributed by atoms with Crippen LogP contribution < -0.4 is 5.32 Å². The van der Waals surface area contributed by atoms with Gasteiger partial charge >= 0.3 is 6.09 Å². The fourth-order valence-electron chi connectivity index (χ4n) is 0.396. The van der Waals surface area contributed by atoms with Crippen LogP contribution in [-0.2, 0) is 4.74 Å². The molecule has 0 bridgehead atoms. The highest BCUT2D eigenvalue weighted by atomic mass is 16.6. The molecule has 1 fully saturated rings. The van der Waals surface area contributed by atoms with E-state index in [0.717, 1.165) is 12.8 Å². The van der Waals surface area contributed by atoms with E-state index >= 15 is 0 Å². The van der Waals surface area contributed by atoms with Crippen molar-refractivity contribution in [2.45, 2.75) is 18.9 Å². The van der Waals surface area contributed by atoms with Gasteiger partial charge in [0.15, 0.2) is 0 Å². The normalized spacial score (nSPS) is 17.6. The van der Waals surface area contributed by atoms with Crippen LogP contribution >= 0.6 is 0 Å². The molecule has 0 unspecified atom stereocenters. The molecule has 1 N–H and O–H groups in total. The first-order valence-electron chi connectivity index (χ1n) is 2.71. The van der Waals surface area contributed by atoms with Gasteiger partial charge in [-0.3, -0.25) is 0 Å². The molecule has 0 atom stereocenters. The van der Waals surface area contributed by atoms with E-state index < -0.39 is 0 Å². The lowest BCUT2D eigenvalue weighted by molar-refractivity contribution is 0.141. The molecule has 1 aliphatic carbocycles. The standard InChI is InChI=1S/C5H9NO2/c1-6-5(7)8-4-2-3-4/h4H,2-3H2,1H3,(H,6,7). The maximum Gasteiger partial charge on any atom is 0.407 e. The highest BCUT2D eigenvalue weighted by Crippen LogP contribution is 2.22. The van der Waals surface area contributed by atoms with Gasteiger partial charge in [0.05, 0.1) is 0 Å². The number of rotatable bonds is 1. The van der Waals surface area contributed by atoms with Crippen LogP contribution in [-0.4, -0.2) is 19.2 Å². The molecular formula is C5H9NO2. The van der Waals surface area contributed by atoms with Crippen LogP contribution in [0.15, 0.2) is 0 Å². The van der Waals surface area contributed by atoms with E-state index in [4.69, 9.17) is 4.74 Å². The van der Waals surface area contributed by atoms with Gasteiger partial charge < -0.3 is 10.1 Å². The van der Waals surface area contributed by atoms with E-state index in [-0.39, 0.29) is 12.2 Å². The van der Waals surface area contributed by atoms with Gasteiger partial charge in [0.2, 0.25) is 0 Å². The van der Waals surface area contributed by atoms with E-state index in [1.807, 2.05) is 0 Å². The summed E-state index contributed by atoms with van der Waals surface area (Å²) in [5, 5.41) is 2.38. The molecule has 3 heteroatoms. The van der Waals surface area contributed by atoms with Crippen LogP contribution in [0.4, 0.5) is 4.79 Å². The number of amides is 1. The number of nitrogens with one attached hydrogen (secondary N) is 1. The third kappa shape index (κ3) is 1.40. The van der Waals surface area contributed by atoms with Crippen molar-refractivity contribution in [2.24, 2.45) is 0 Å². The Kier molecular flexibility index (Phi) is 1.37. The Bertz CT molecular complexity index is 98.6. The summed E-state index contributed by atoms with van der Waals surface area (Å²) < 4.78 is 4.76. The first kappa shape index (κ1) is 5.41. The first-order chi connectivity index (χ1) is 3.83. The van der Waals surface area contributed by atoms with Gasteiger partial charge in [-0.05, 0) is 12.8 Å². The number of hydrogen-bond acceptors (Lipinski definition) is 2. The zero-order chi connectivity index (χ0) is 5.98. The van der Waals surface area contributed by atoms with Crippen molar-refractivity contribution in [1.29, 1.82) is 0 Å². The van der Waals surface area contributed by atoms with Crippen molar-refractivity contribution in [3.05, 3.63) is 0 Å². The summed E-state index contributed by atoms with van der Waals surface area (Å²) in [5.74, 6) is 0. The number of ether oxygens (including phenoxy) is 1. The van der Waals surface area contributed by atoms with E-state index in [2.05, 4.69) is 5.32 Å². The van der Waals surface area contributed by atoms with Crippen LogP contribution in [0.3, 0.4) is 0 Å². The second kappa shape index (κ2) is 2.03. The maximum absolute atomic E-state index is 10.3. The Morgan fingerprint density at radius 3 is 2.75 bits per heavy atom. The van der Waals surface area contributed by atoms with E-state index in [1.54, 1.807) is 7.05 Å². The molecule has 3 nitrogen and oxygen atoms in total. The molecule has 0 heterocycles. The molecule has 0 saturated heterocycles. The summed E-state index contributed by atoms with van der Waals surface area (Å²) in [6.45, 7) is 0. The molecule has 0 spiro atoms. The summed E-state index contributed by atoms with van der Waals surface area (Å²) in [5.41, 5.74) is 0. The molecular weight excluding hydrogens is 106 g/mol. The van der Waals surface area contributed by atoms with Gasteiger partial charge in [0, 0.05) is 7.05 Å². The zero-order valence-electron chi connectivity index (χ0n) is 4.81. The van der Waals surface area contributed by atoms with Crippen molar-refractivity contribution in [3.8, 4) is 0 Å². The minimum absolute atomic E-state index is 0.218. The maximum atomic E-state index is 10.3. The summed E-state index contributed by atoms with van der Waals surface area (Å²) >= 11 is 0. The predicted octanol–water partition coefficient (Wildman–Crippen LogP) is 0.505. The smallest absolute Gasteiger partial charge is 0.407 e. The molecule has 0 radical (unpaired) electrons. The number of alkyl carbamates (subject to hydrolysis) is 1. The van der Waals surface area contributed by atoms with E-state index in [0.29, 0.717) is 0 Å². The van der Waals surface area contributed by atoms with Crippen molar-refractivity contribution < 1.29 is 9.53 Å². The lowest BCUT2D eigenvalue weighted by Gasteiger charge is -1.97. The second-order valence-electron chi connectivity index (χ2n) is 1.85. The van der Waals surface area contributed by atoms with Crippen LogP contribution in [0, 0.1) is 0 Å². The van der Waals surface area contributed by atoms with Crippen LogP contribution in [0.5, 0.6) is 0 Å². The Hall–Kier alpha value is -0.730. The monoisotopic (exact) mass is 115 g/mol. The van der Waals surface area contributed by atoms with Crippen molar-refractivity contribution in [3.63, 3.8) is 0 Å². The molecule has 1 amide bonds. The summed E-state index contributed by atoms with van der Waals surface area (Å²) in [6.07, 6.45) is 1.98. The van der Waals surface area contributed by atoms with E-state index in [9.17, 15) is 4.79 Å². The highest BCUT2D eigenvalue weighted by molar-refractivity contribution is 5.67. The lowest BCUT2D eigenvalue weighted by Crippen LogP contribution is -2.19. The molecule has 46 valence electrons. The second-order valence-corrected chi connectivity index (χ2v) is 1.85. The molecule has 8 heavy (non-hydrogen) atoms. The van der Waals surface area contributed by atoms with Gasteiger partial charge in [-0.1, -0.05) is 0 Å². The number of hydrogen-bond donors (Lipinski definition) is 1. The van der Waals surface area contributed by atoms with Crippen molar-refractivity contribution >= 4 is 6.09 Å². The fraction of sp³-hybridized carbons (Fsp3) is 0.800. The molecule has 0 aromatic rings.